The van der Waals surface area contributed by atoms with E-state index in [1.807, 2.05) is 6.08 Å². The van der Waals surface area contributed by atoms with E-state index < -0.39 is 5.60 Å². The average Bonchev–Trinajstić information content (AvgIpc) is 2.66. The number of fused-ring (bicyclic) bond motifs is 4. The molecule has 0 aliphatic heterocycles. The highest BCUT2D eigenvalue weighted by Crippen LogP contribution is 2.70. The molecule has 0 aromatic rings. The summed E-state index contributed by atoms with van der Waals surface area (Å²) in [5, 5.41) is 10.1. The third-order valence-electron chi connectivity index (χ3n) is 5.09. The highest BCUT2D eigenvalue weighted by atomic mass is 16.5. The Hall–Kier alpha value is -0.670. The van der Waals surface area contributed by atoms with Crippen molar-refractivity contribution in [1.29, 1.82) is 0 Å². The Morgan fingerprint density at radius 3 is 3.00 bits per heavy atom. The van der Waals surface area contributed by atoms with Gasteiger partial charge in [-0.05, 0) is 18.9 Å². The summed E-state index contributed by atoms with van der Waals surface area (Å²) in [6.07, 6.45) is 4.83. The number of hydrogen-bond donors (Lipinski definition) is 1. The number of aliphatic hydroxyl groups excluding tert-OH is 1. The molecule has 3 rings (SSSR count). The summed E-state index contributed by atoms with van der Waals surface area (Å²) in [7, 11) is 1.66. The second kappa shape index (κ2) is 2.53. The first kappa shape index (κ1) is 9.55. The molecule has 0 bridgehead atoms. The first-order valence-corrected chi connectivity index (χ1v) is 5.53. The van der Waals surface area contributed by atoms with E-state index in [0.717, 1.165) is 12.8 Å². The predicted molar refractivity (Wildman–Crippen MR) is 54.2 cm³/mol. The van der Waals surface area contributed by atoms with Crippen molar-refractivity contribution in [1.82, 2.24) is 0 Å². The molecule has 3 aliphatic rings. The minimum Gasteiger partial charge on any atom is -0.392 e. The topological polar surface area (TPSA) is 46.5 Å². The molecule has 82 valence electrons. The van der Waals surface area contributed by atoms with Crippen molar-refractivity contribution in [2.45, 2.75) is 31.5 Å². The summed E-state index contributed by atoms with van der Waals surface area (Å²) < 4.78 is 5.63. The fraction of sp³-hybridized carbons (Fsp3) is 0.750. The second-order valence-corrected chi connectivity index (χ2v) is 5.20. The standard InChI is InChI=1S/C12H16O3/c1-11-7-3-4-8(13)10(7)12(11,15-2)6-5-9(11)14/h3-4,7,9-10,14H,5-6H2,1-2H3/t7-,9-,10-,11-,12+/m0/s1. The predicted octanol–water partition coefficient (Wildman–Crippen LogP) is 0.917. The molecule has 0 radical (unpaired) electrons. The van der Waals surface area contributed by atoms with E-state index in [1.165, 1.54) is 0 Å². The number of hydrogen-bond acceptors (Lipinski definition) is 3. The third kappa shape index (κ3) is 0.733. The van der Waals surface area contributed by atoms with Crippen LogP contribution in [0.15, 0.2) is 12.2 Å². The van der Waals surface area contributed by atoms with E-state index in [4.69, 9.17) is 4.74 Å². The molecule has 0 amide bonds. The molecule has 5 atom stereocenters. The van der Waals surface area contributed by atoms with Gasteiger partial charge in [0, 0.05) is 18.4 Å². The van der Waals surface area contributed by atoms with Gasteiger partial charge in [0.05, 0.1) is 17.6 Å². The third-order valence-corrected chi connectivity index (χ3v) is 5.09. The molecule has 2 fully saturated rings. The van der Waals surface area contributed by atoms with Gasteiger partial charge in [-0.25, -0.2) is 0 Å². The fourth-order valence-corrected chi connectivity index (χ4v) is 4.21. The van der Waals surface area contributed by atoms with Gasteiger partial charge in [0.2, 0.25) is 0 Å². The Balaban J connectivity index is 2.09. The Morgan fingerprint density at radius 2 is 2.33 bits per heavy atom. The smallest absolute Gasteiger partial charge is 0.161 e. The number of allylic oxidation sites excluding steroid dienone is 2. The molecule has 0 spiro atoms. The van der Waals surface area contributed by atoms with Gasteiger partial charge >= 0.3 is 0 Å². The lowest BCUT2D eigenvalue weighted by atomic mass is 9.46. The van der Waals surface area contributed by atoms with E-state index in [9.17, 15) is 9.90 Å². The van der Waals surface area contributed by atoms with Crippen LogP contribution in [0.25, 0.3) is 0 Å². The number of carbonyl (C=O) groups is 1. The molecule has 3 heteroatoms. The van der Waals surface area contributed by atoms with Crippen molar-refractivity contribution < 1.29 is 14.6 Å². The quantitative estimate of drug-likeness (QED) is 0.697. The zero-order valence-corrected chi connectivity index (χ0v) is 9.06. The number of rotatable bonds is 1. The van der Waals surface area contributed by atoms with Gasteiger partial charge in [-0.15, -0.1) is 0 Å². The van der Waals surface area contributed by atoms with Crippen molar-refractivity contribution in [3.63, 3.8) is 0 Å². The van der Waals surface area contributed by atoms with Crippen LogP contribution in [0.4, 0.5) is 0 Å². The summed E-state index contributed by atoms with van der Waals surface area (Å²) in [5.74, 6) is 0.320. The Morgan fingerprint density at radius 1 is 1.60 bits per heavy atom. The molecule has 3 aliphatic carbocycles. The summed E-state index contributed by atoms with van der Waals surface area (Å²) >= 11 is 0. The summed E-state index contributed by atoms with van der Waals surface area (Å²) in [6.45, 7) is 2.05. The van der Waals surface area contributed by atoms with Crippen molar-refractivity contribution >= 4 is 5.78 Å². The SMILES string of the molecule is CO[C@@]12CC[C@H](O)[C@]1(C)[C@H]1C=CC(=O)[C@H]12. The summed E-state index contributed by atoms with van der Waals surface area (Å²) in [5.41, 5.74) is -0.660. The maximum absolute atomic E-state index is 11.7. The zero-order valence-electron chi connectivity index (χ0n) is 9.06. The van der Waals surface area contributed by atoms with Gasteiger partial charge in [0.25, 0.3) is 0 Å². The van der Waals surface area contributed by atoms with Gasteiger partial charge in [-0.2, -0.15) is 0 Å². The van der Waals surface area contributed by atoms with Crippen LogP contribution in [-0.2, 0) is 9.53 Å². The van der Waals surface area contributed by atoms with Crippen LogP contribution in [0.5, 0.6) is 0 Å². The van der Waals surface area contributed by atoms with Crippen LogP contribution in [0.3, 0.4) is 0 Å². The van der Waals surface area contributed by atoms with Crippen molar-refractivity contribution in [2.24, 2.45) is 17.3 Å². The van der Waals surface area contributed by atoms with Crippen molar-refractivity contribution in [3.05, 3.63) is 12.2 Å². The lowest BCUT2D eigenvalue weighted by Gasteiger charge is -2.62. The van der Waals surface area contributed by atoms with Crippen LogP contribution < -0.4 is 0 Å². The second-order valence-electron chi connectivity index (χ2n) is 5.20. The van der Waals surface area contributed by atoms with Crippen LogP contribution in [0.1, 0.15) is 19.8 Å². The molecular formula is C12H16O3. The summed E-state index contributed by atoms with van der Waals surface area (Å²) in [4.78, 5) is 11.7. The van der Waals surface area contributed by atoms with E-state index in [-0.39, 0.29) is 29.1 Å². The molecule has 0 saturated heterocycles. The number of ether oxygens (including phenoxy) is 1. The number of methoxy groups -OCH3 is 1. The zero-order chi connectivity index (χ0) is 10.8. The van der Waals surface area contributed by atoms with Crippen LogP contribution in [0.2, 0.25) is 0 Å². The fourth-order valence-electron chi connectivity index (χ4n) is 4.21. The lowest BCUT2D eigenvalue weighted by Crippen LogP contribution is -2.70. The van der Waals surface area contributed by atoms with E-state index in [0.29, 0.717) is 0 Å². The van der Waals surface area contributed by atoms with Gasteiger partial charge in [-0.1, -0.05) is 13.0 Å². The highest BCUT2D eigenvalue weighted by Gasteiger charge is 2.77. The molecule has 0 aromatic heterocycles. The maximum Gasteiger partial charge on any atom is 0.161 e. The van der Waals surface area contributed by atoms with Crippen molar-refractivity contribution in [2.75, 3.05) is 7.11 Å². The Labute approximate surface area is 89.1 Å². The first-order chi connectivity index (χ1) is 7.08. The molecule has 2 saturated carbocycles. The molecule has 0 heterocycles. The molecule has 1 N–H and O–H groups in total. The molecular weight excluding hydrogens is 192 g/mol. The maximum atomic E-state index is 11.7. The van der Waals surface area contributed by atoms with Gasteiger partial charge < -0.3 is 9.84 Å². The average molecular weight is 208 g/mol. The number of ketones is 1. The normalized spacial score (nSPS) is 56.5. The molecule has 0 aromatic carbocycles. The molecule has 3 nitrogen and oxygen atoms in total. The van der Waals surface area contributed by atoms with Gasteiger partial charge in [0.1, 0.15) is 0 Å². The molecule has 15 heavy (non-hydrogen) atoms. The summed E-state index contributed by atoms with van der Waals surface area (Å²) in [6, 6.07) is 0. The number of carbonyl (C=O) groups excluding carboxylic acids is 1. The highest BCUT2D eigenvalue weighted by molar-refractivity contribution is 5.97. The largest absolute Gasteiger partial charge is 0.392 e. The van der Waals surface area contributed by atoms with Crippen molar-refractivity contribution in [3.8, 4) is 0 Å². The Kier molecular flexibility index (Phi) is 1.61. The lowest BCUT2D eigenvalue weighted by molar-refractivity contribution is -0.248. The van der Waals surface area contributed by atoms with Gasteiger partial charge in [0.15, 0.2) is 5.78 Å². The van der Waals surface area contributed by atoms with Crippen LogP contribution in [0, 0.1) is 17.3 Å². The van der Waals surface area contributed by atoms with E-state index >= 15 is 0 Å². The monoisotopic (exact) mass is 208 g/mol. The van der Waals surface area contributed by atoms with Crippen LogP contribution >= 0.6 is 0 Å². The minimum absolute atomic E-state index is 0.0374. The minimum atomic E-state index is -0.405. The Bertz CT molecular complexity index is 362. The van der Waals surface area contributed by atoms with E-state index in [2.05, 4.69) is 6.92 Å². The number of aliphatic hydroxyl groups is 1. The van der Waals surface area contributed by atoms with Gasteiger partial charge in [-0.3, -0.25) is 4.79 Å². The van der Waals surface area contributed by atoms with E-state index in [1.54, 1.807) is 13.2 Å². The molecule has 0 unspecified atom stereocenters. The first-order valence-electron chi connectivity index (χ1n) is 5.53. The van der Waals surface area contributed by atoms with Crippen LogP contribution in [-0.4, -0.2) is 29.7 Å².